The number of halogens is 4. The van der Waals surface area contributed by atoms with Crippen LogP contribution in [0, 0.1) is 0 Å². The zero-order valence-corrected chi connectivity index (χ0v) is 12.1. The van der Waals surface area contributed by atoms with E-state index in [2.05, 4.69) is 27.8 Å². The van der Waals surface area contributed by atoms with Crippen molar-refractivity contribution < 1.29 is 13.2 Å². The molecule has 1 aromatic rings. The molecule has 0 spiro atoms. The predicted molar refractivity (Wildman–Crippen MR) is 76.3 cm³/mol. The zero-order valence-electron chi connectivity index (χ0n) is 10.6. The quantitative estimate of drug-likeness (QED) is 0.503. The molecule has 0 heterocycles. The molecule has 0 bridgehead atoms. The van der Waals surface area contributed by atoms with Crippen LogP contribution in [-0.4, -0.2) is 6.54 Å². The van der Waals surface area contributed by atoms with Crippen LogP contribution < -0.4 is 5.32 Å². The third kappa shape index (κ3) is 6.14. The van der Waals surface area contributed by atoms with Crippen molar-refractivity contribution in [3.8, 4) is 0 Å². The number of allylic oxidation sites excluding steroid dienone is 1. The standard InChI is InChI=1S/C14H17BrF3N/c1-2-3-4-5-6-7-19-13-9-11(14(16,17)18)8-12(15)10-13/h2,8-10,19H,1,3-7H2. The van der Waals surface area contributed by atoms with Crippen molar-refractivity contribution in [2.45, 2.75) is 31.9 Å². The molecule has 1 nitrogen and oxygen atoms in total. The number of hydrogen-bond donors (Lipinski definition) is 1. The van der Waals surface area contributed by atoms with E-state index < -0.39 is 11.7 Å². The number of benzene rings is 1. The van der Waals surface area contributed by atoms with Gasteiger partial charge < -0.3 is 5.32 Å². The van der Waals surface area contributed by atoms with E-state index in [1.54, 1.807) is 6.07 Å². The van der Waals surface area contributed by atoms with Gasteiger partial charge in [0.05, 0.1) is 5.56 Å². The van der Waals surface area contributed by atoms with Crippen LogP contribution in [0.25, 0.3) is 0 Å². The van der Waals surface area contributed by atoms with E-state index >= 15 is 0 Å². The Labute approximate surface area is 120 Å². The second-order valence-corrected chi connectivity index (χ2v) is 5.21. The van der Waals surface area contributed by atoms with E-state index in [0.717, 1.165) is 37.8 Å². The van der Waals surface area contributed by atoms with Gasteiger partial charge in [0.1, 0.15) is 0 Å². The van der Waals surface area contributed by atoms with Crippen molar-refractivity contribution in [3.63, 3.8) is 0 Å². The van der Waals surface area contributed by atoms with Gasteiger partial charge >= 0.3 is 6.18 Å². The highest BCUT2D eigenvalue weighted by Gasteiger charge is 2.31. The maximum Gasteiger partial charge on any atom is 0.416 e. The zero-order chi connectivity index (χ0) is 14.3. The fraction of sp³-hybridized carbons (Fsp3) is 0.429. The van der Waals surface area contributed by atoms with Gasteiger partial charge in [-0.1, -0.05) is 28.4 Å². The highest BCUT2D eigenvalue weighted by Crippen LogP contribution is 2.33. The third-order valence-corrected chi connectivity index (χ3v) is 3.10. The molecule has 0 saturated carbocycles. The number of anilines is 1. The summed E-state index contributed by atoms with van der Waals surface area (Å²) >= 11 is 3.10. The molecule has 0 amide bonds. The minimum absolute atomic E-state index is 0.427. The van der Waals surface area contributed by atoms with Crippen LogP contribution in [0.2, 0.25) is 0 Å². The normalized spacial score (nSPS) is 11.4. The first-order chi connectivity index (χ1) is 8.93. The summed E-state index contributed by atoms with van der Waals surface area (Å²) in [4.78, 5) is 0. The van der Waals surface area contributed by atoms with Crippen molar-refractivity contribution in [1.82, 2.24) is 0 Å². The van der Waals surface area contributed by atoms with E-state index in [1.165, 1.54) is 0 Å². The van der Waals surface area contributed by atoms with Gasteiger partial charge in [0.15, 0.2) is 0 Å². The topological polar surface area (TPSA) is 12.0 Å². The maximum absolute atomic E-state index is 12.6. The Morgan fingerprint density at radius 3 is 2.53 bits per heavy atom. The van der Waals surface area contributed by atoms with Gasteiger partial charge in [-0.2, -0.15) is 13.2 Å². The van der Waals surface area contributed by atoms with Gasteiger partial charge in [-0.15, -0.1) is 6.58 Å². The lowest BCUT2D eigenvalue weighted by atomic mass is 10.1. The molecule has 1 rings (SSSR count). The summed E-state index contributed by atoms with van der Waals surface area (Å²) in [7, 11) is 0. The maximum atomic E-state index is 12.6. The van der Waals surface area contributed by atoms with Gasteiger partial charge in [0.25, 0.3) is 0 Å². The van der Waals surface area contributed by atoms with Crippen LogP contribution in [0.15, 0.2) is 35.3 Å². The fourth-order valence-electron chi connectivity index (χ4n) is 1.68. The van der Waals surface area contributed by atoms with Crippen LogP contribution in [0.1, 0.15) is 31.2 Å². The van der Waals surface area contributed by atoms with Gasteiger partial charge in [-0.05, 0) is 37.5 Å². The van der Waals surface area contributed by atoms with Crippen molar-refractivity contribution in [3.05, 3.63) is 40.9 Å². The summed E-state index contributed by atoms with van der Waals surface area (Å²) in [6.07, 6.45) is 1.58. The summed E-state index contributed by atoms with van der Waals surface area (Å²) in [5.41, 5.74) is -0.151. The first-order valence-corrected chi connectivity index (χ1v) is 6.95. The Kier molecular flexibility index (Phi) is 6.42. The molecule has 0 atom stereocenters. The molecule has 1 aromatic carbocycles. The van der Waals surface area contributed by atoms with Crippen LogP contribution >= 0.6 is 15.9 Å². The van der Waals surface area contributed by atoms with Crippen LogP contribution in [0.5, 0.6) is 0 Å². The van der Waals surface area contributed by atoms with Crippen molar-refractivity contribution in [2.24, 2.45) is 0 Å². The minimum atomic E-state index is -4.32. The molecule has 5 heteroatoms. The molecule has 0 aromatic heterocycles. The number of unbranched alkanes of at least 4 members (excludes halogenated alkanes) is 3. The Hall–Kier alpha value is -0.970. The molecular formula is C14H17BrF3N. The van der Waals surface area contributed by atoms with Crippen molar-refractivity contribution >= 4 is 21.6 Å². The first kappa shape index (κ1) is 16.1. The molecule has 0 fully saturated rings. The summed E-state index contributed by atoms with van der Waals surface area (Å²) < 4.78 is 38.3. The monoisotopic (exact) mass is 335 g/mol. The predicted octanol–water partition coefficient (Wildman–Crippen LogP) is 5.63. The average molecular weight is 336 g/mol. The molecule has 0 aliphatic rings. The molecule has 106 valence electrons. The Balaban J connectivity index is 2.50. The smallest absolute Gasteiger partial charge is 0.385 e. The lowest BCUT2D eigenvalue weighted by Crippen LogP contribution is -2.07. The Morgan fingerprint density at radius 2 is 1.89 bits per heavy atom. The molecule has 0 unspecified atom stereocenters. The van der Waals surface area contributed by atoms with Gasteiger partial charge in [0, 0.05) is 16.7 Å². The molecule has 19 heavy (non-hydrogen) atoms. The van der Waals surface area contributed by atoms with Crippen LogP contribution in [0.3, 0.4) is 0 Å². The highest BCUT2D eigenvalue weighted by atomic mass is 79.9. The number of alkyl halides is 3. The minimum Gasteiger partial charge on any atom is -0.385 e. The molecule has 0 aliphatic carbocycles. The van der Waals surface area contributed by atoms with E-state index in [1.807, 2.05) is 6.08 Å². The second kappa shape index (κ2) is 7.58. The van der Waals surface area contributed by atoms with Crippen LogP contribution in [0.4, 0.5) is 18.9 Å². The Morgan fingerprint density at radius 1 is 1.16 bits per heavy atom. The van der Waals surface area contributed by atoms with Gasteiger partial charge in [-0.25, -0.2) is 0 Å². The fourth-order valence-corrected chi connectivity index (χ4v) is 2.17. The second-order valence-electron chi connectivity index (χ2n) is 4.29. The Bertz CT molecular complexity index is 416. The average Bonchev–Trinajstić information content (AvgIpc) is 2.32. The summed E-state index contributed by atoms with van der Waals surface area (Å²) in [5, 5.41) is 3.02. The van der Waals surface area contributed by atoms with Crippen LogP contribution in [-0.2, 0) is 6.18 Å². The van der Waals surface area contributed by atoms with E-state index in [0.29, 0.717) is 16.7 Å². The molecule has 0 saturated heterocycles. The summed E-state index contributed by atoms with van der Waals surface area (Å²) in [6.45, 7) is 4.31. The summed E-state index contributed by atoms with van der Waals surface area (Å²) in [6, 6.07) is 3.86. The van der Waals surface area contributed by atoms with Crippen molar-refractivity contribution in [1.29, 1.82) is 0 Å². The van der Waals surface area contributed by atoms with E-state index in [4.69, 9.17) is 0 Å². The van der Waals surface area contributed by atoms with Crippen molar-refractivity contribution in [2.75, 3.05) is 11.9 Å². The van der Waals surface area contributed by atoms with Gasteiger partial charge in [0.2, 0.25) is 0 Å². The molecule has 1 N–H and O–H groups in total. The van der Waals surface area contributed by atoms with Gasteiger partial charge in [-0.3, -0.25) is 0 Å². The highest BCUT2D eigenvalue weighted by molar-refractivity contribution is 9.10. The number of hydrogen-bond acceptors (Lipinski definition) is 1. The number of rotatable bonds is 7. The summed E-state index contributed by atoms with van der Waals surface area (Å²) in [5.74, 6) is 0. The third-order valence-electron chi connectivity index (χ3n) is 2.64. The molecule has 0 radical (unpaired) electrons. The lowest BCUT2D eigenvalue weighted by molar-refractivity contribution is -0.137. The van der Waals surface area contributed by atoms with E-state index in [-0.39, 0.29) is 0 Å². The number of nitrogens with one attached hydrogen (secondary N) is 1. The molecule has 0 aliphatic heterocycles. The lowest BCUT2D eigenvalue weighted by Gasteiger charge is -2.11. The first-order valence-electron chi connectivity index (χ1n) is 6.16. The molecular weight excluding hydrogens is 319 g/mol. The van der Waals surface area contributed by atoms with E-state index in [9.17, 15) is 13.2 Å². The SMILES string of the molecule is C=CCCCCCNc1cc(Br)cc(C(F)(F)F)c1. The largest absolute Gasteiger partial charge is 0.416 e.